The Labute approximate surface area is 106 Å². The van der Waals surface area contributed by atoms with E-state index in [1.54, 1.807) is 11.3 Å². The standard InChI is InChI=1S/C13H18N2OS/c1-8(2)10(6-14)11-7-17-13(15-11)12-5-4-9(3)16-12/h4-5,7-8,10H,6,14H2,1-3H3. The van der Waals surface area contributed by atoms with E-state index in [1.165, 1.54) is 0 Å². The lowest BCUT2D eigenvalue weighted by Crippen LogP contribution is -2.18. The molecule has 2 aromatic heterocycles. The number of hydrogen-bond donors (Lipinski definition) is 1. The molecule has 2 N–H and O–H groups in total. The molecule has 2 heterocycles. The number of thiazole rings is 1. The average molecular weight is 250 g/mol. The van der Waals surface area contributed by atoms with E-state index in [4.69, 9.17) is 10.2 Å². The number of furan rings is 1. The van der Waals surface area contributed by atoms with Crippen LogP contribution in [0.3, 0.4) is 0 Å². The van der Waals surface area contributed by atoms with E-state index in [2.05, 4.69) is 24.2 Å². The van der Waals surface area contributed by atoms with Crippen LogP contribution in [0.1, 0.15) is 31.2 Å². The Kier molecular flexibility index (Phi) is 3.64. The van der Waals surface area contributed by atoms with Crippen LogP contribution in [0.4, 0.5) is 0 Å². The Hall–Kier alpha value is -1.13. The highest BCUT2D eigenvalue weighted by Crippen LogP contribution is 2.30. The molecule has 0 fully saturated rings. The molecule has 0 aliphatic rings. The second-order valence-electron chi connectivity index (χ2n) is 4.57. The van der Waals surface area contributed by atoms with Gasteiger partial charge in [0.2, 0.25) is 0 Å². The van der Waals surface area contributed by atoms with E-state index < -0.39 is 0 Å². The van der Waals surface area contributed by atoms with Gasteiger partial charge in [0.05, 0.1) is 5.69 Å². The summed E-state index contributed by atoms with van der Waals surface area (Å²) in [5.41, 5.74) is 6.88. The molecule has 1 atom stereocenters. The fourth-order valence-electron chi connectivity index (χ4n) is 1.85. The minimum Gasteiger partial charge on any atom is -0.459 e. The summed E-state index contributed by atoms with van der Waals surface area (Å²) in [4.78, 5) is 4.63. The van der Waals surface area contributed by atoms with Gasteiger partial charge in [-0.1, -0.05) is 13.8 Å². The van der Waals surface area contributed by atoms with E-state index >= 15 is 0 Å². The predicted molar refractivity (Wildman–Crippen MR) is 71.2 cm³/mol. The minimum atomic E-state index is 0.330. The van der Waals surface area contributed by atoms with Crippen LogP contribution in [0.15, 0.2) is 21.9 Å². The lowest BCUT2D eigenvalue weighted by Gasteiger charge is -2.15. The van der Waals surface area contributed by atoms with E-state index in [0.29, 0.717) is 18.4 Å². The molecule has 0 amide bonds. The molecule has 1 unspecified atom stereocenters. The molecule has 0 aliphatic heterocycles. The third kappa shape index (κ3) is 2.58. The molecule has 0 radical (unpaired) electrons. The summed E-state index contributed by atoms with van der Waals surface area (Å²) < 4.78 is 5.57. The molecular formula is C13H18N2OS. The van der Waals surface area contributed by atoms with Gasteiger partial charge in [-0.25, -0.2) is 4.98 Å². The molecule has 0 saturated carbocycles. The van der Waals surface area contributed by atoms with Gasteiger partial charge in [0.15, 0.2) is 10.8 Å². The zero-order valence-corrected chi connectivity index (χ0v) is 11.3. The smallest absolute Gasteiger partial charge is 0.162 e. The minimum absolute atomic E-state index is 0.330. The van der Waals surface area contributed by atoms with Crippen molar-refractivity contribution in [1.29, 1.82) is 0 Å². The third-order valence-electron chi connectivity index (χ3n) is 2.91. The zero-order chi connectivity index (χ0) is 12.4. The average Bonchev–Trinajstić information content (AvgIpc) is 2.87. The van der Waals surface area contributed by atoms with E-state index in [0.717, 1.165) is 22.2 Å². The molecule has 92 valence electrons. The SMILES string of the molecule is Cc1ccc(-c2nc(C(CN)C(C)C)cs2)o1. The molecule has 2 rings (SSSR count). The second-order valence-corrected chi connectivity index (χ2v) is 5.43. The Bertz CT molecular complexity index is 487. The summed E-state index contributed by atoms with van der Waals surface area (Å²) in [5, 5.41) is 3.03. The third-order valence-corrected chi connectivity index (χ3v) is 3.79. The molecule has 3 nitrogen and oxygen atoms in total. The van der Waals surface area contributed by atoms with Gasteiger partial charge in [0, 0.05) is 17.8 Å². The fourth-order valence-corrected chi connectivity index (χ4v) is 2.70. The number of hydrogen-bond acceptors (Lipinski definition) is 4. The first kappa shape index (κ1) is 12.3. The maximum Gasteiger partial charge on any atom is 0.162 e. The van der Waals surface area contributed by atoms with Crippen LogP contribution in [0.5, 0.6) is 0 Å². The number of nitrogens with zero attached hydrogens (tertiary/aromatic N) is 1. The fraction of sp³-hybridized carbons (Fsp3) is 0.462. The van der Waals surface area contributed by atoms with Crippen LogP contribution in [-0.4, -0.2) is 11.5 Å². The molecule has 2 aromatic rings. The number of nitrogens with two attached hydrogens (primary N) is 1. The molecule has 17 heavy (non-hydrogen) atoms. The number of aryl methyl sites for hydroxylation is 1. The first-order valence-corrected chi connectivity index (χ1v) is 6.72. The van der Waals surface area contributed by atoms with Crippen molar-refractivity contribution in [2.75, 3.05) is 6.54 Å². The Morgan fingerprint density at radius 3 is 2.71 bits per heavy atom. The highest BCUT2D eigenvalue weighted by Gasteiger charge is 2.18. The quantitative estimate of drug-likeness (QED) is 0.904. The number of aromatic nitrogens is 1. The van der Waals surface area contributed by atoms with Crippen LogP contribution in [0.25, 0.3) is 10.8 Å². The first-order chi connectivity index (χ1) is 8.11. The molecule has 0 saturated heterocycles. The molecule has 0 spiro atoms. The largest absolute Gasteiger partial charge is 0.459 e. The second kappa shape index (κ2) is 5.02. The van der Waals surface area contributed by atoms with E-state index in [9.17, 15) is 0 Å². The molecule has 0 bridgehead atoms. The molecule has 0 aromatic carbocycles. The van der Waals surface area contributed by atoms with E-state index in [-0.39, 0.29) is 0 Å². The Morgan fingerprint density at radius 2 is 2.18 bits per heavy atom. The van der Waals surface area contributed by atoms with Gasteiger partial charge in [-0.05, 0) is 25.0 Å². The molecular weight excluding hydrogens is 232 g/mol. The van der Waals surface area contributed by atoms with Gasteiger partial charge < -0.3 is 10.2 Å². The van der Waals surface area contributed by atoms with Crippen LogP contribution in [-0.2, 0) is 0 Å². The van der Waals surface area contributed by atoms with Crippen molar-refractivity contribution in [3.05, 3.63) is 29.0 Å². The van der Waals surface area contributed by atoms with Crippen molar-refractivity contribution in [1.82, 2.24) is 4.98 Å². The van der Waals surface area contributed by atoms with Crippen molar-refractivity contribution < 1.29 is 4.42 Å². The van der Waals surface area contributed by atoms with Crippen molar-refractivity contribution >= 4 is 11.3 Å². The highest BCUT2D eigenvalue weighted by molar-refractivity contribution is 7.13. The van der Waals surface area contributed by atoms with Crippen molar-refractivity contribution in [2.24, 2.45) is 11.7 Å². The van der Waals surface area contributed by atoms with E-state index in [1.807, 2.05) is 19.1 Å². The summed E-state index contributed by atoms with van der Waals surface area (Å²) in [6, 6.07) is 3.92. The Morgan fingerprint density at radius 1 is 1.41 bits per heavy atom. The van der Waals surface area contributed by atoms with Crippen LogP contribution in [0, 0.1) is 12.8 Å². The maximum absolute atomic E-state index is 5.80. The summed E-state index contributed by atoms with van der Waals surface area (Å²) in [6.07, 6.45) is 0. The van der Waals surface area contributed by atoms with Crippen LogP contribution in [0.2, 0.25) is 0 Å². The highest BCUT2D eigenvalue weighted by atomic mass is 32.1. The first-order valence-electron chi connectivity index (χ1n) is 5.84. The predicted octanol–water partition coefficient (Wildman–Crippen LogP) is 3.41. The summed E-state index contributed by atoms with van der Waals surface area (Å²) in [6.45, 7) is 6.92. The summed E-state index contributed by atoms with van der Waals surface area (Å²) in [5.74, 6) is 2.60. The topological polar surface area (TPSA) is 52.0 Å². The van der Waals surface area contributed by atoms with Gasteiger partial charge >= 0.3 is 0 Å². The maximum atomic E-state index is 5.80. The van der Waals surface area contributed by atoms with Crippen molar-refractivity contribution in [3.63, 3.8) is 0 Å². The normalized spacial score (nSPS) is 13.2. The molecule has 4 heteroatoms. The van der Waals surface area contributed by atoms with Crippen LogP contribution >= 0.6 is 11.3 Å². The Balaban J connectivity index is 2.26. The van der Waals surface area contributed by atoms with Gasteiger partial charge in [0.1, 0.15) is 5.76 Å². The number of rotatable bonds is 4. The van der Waals surface area contributed by atoms with Gasteiger partial charge in [-0.15, -0.1) is 11.3 Å². The monoisotopic (exact) mass is 250 g/mol. The lowest BCUT2D eigenvalue weighted by molar-refractivity contribution is 0.497. The van der Waals surface area contributed by atoms with Gasteiger partial charge in [-0.2, -0.15) is 0 Å². The van der Waals surface area contributed by atoms with Crippen molar-refractivity contribution in [2.45, 2.75) is 26.7 Å². The summed E-state index contributed by atoms with van der Waals surface area (Å²) >= 11 is 1.62. The van der Waals surface area contributed by atoms with Gasteiger partial charge in [0.25, 0.3) is 0 Å². The van der Waals surface area contributed by atoms with Crippen molar-refractivity contribution in [3.8, 4) is 10.8 Å². The summed E-state index contributed by atoms with van der Waals surface area (Å²) in [7, 11) is 0. The van der Waals surface area contributed by atoms with Crippen LogP contribution < -0.4 is 5.73 Å². The molecule has 0 aliphatic carbocycles. The lowest BCUT2D eigenvalue weighted by atomic mass is 9.93. The van der Waals surface area contributed by atoms with Gasteiger partial charge in [-0.3, -0.25) is 0 Å². The zero-order valence-electron chi connectivity index (χ0n) is 10.4.